The third kappa shape index (κ3) is 5.27. The summed E-state index contributed by atoms with van der Waals surface area (Å²) >= 11 is 0. The van der Waals surface area contributed by atoms with E-state index in [-0.39, 0.29) is 11.6 Å². The molecule has 6 heteroatoms. The Bertz CT molecular complexity index is 469. The zero-order chi connectivity index (χ0) is 15.2. The molecule has 1 rings (SSSR count). The monoisotopic (exact) mass is 280 g/mol. The first-order chi connectivity index (χ1) is 9.34. The highest BCUT2D eigenvalue weighted by molar-refractivity contribution is 5.87. The zero-order valence-corrected chi connectivity index (χ0v) is 11.9. The highest BCUT2D eigenvalue weighted by Gasteiger charge is 2.19. The second-order valence-electron chi connectivity index (χ2n) is 5.13. The molecule has 0 saturated heterocycles. The van der Waals surface area contributed by atoms with E-state index in [0.717, 1.165) is 5.56 Å². The van der Waals surface area contributed by atoms with E-state index in [1.807, 2.05) is 13.8 Å². The Hall–Kier alpha value is -2.08. The van der Waals surface area contributed by atoms with E-state index in [1.54, 1.807) is 19.2 Å². The minimum atomic E-state index is -0.969. The average Bonchev–Trinajstić information content (AvgIpc) is 2.36. The van der Waals surface area contributed by atoms with Crippen molar-refractivity contribution >= 4 is 12.0 Å². The molecule has 3 N–H and O–H groups in total. The number of carboxylic acids is 1. The molecule has 0 radical (unpaired) electrons. The van der Waals surface area contributed by atoms with Gasteiger partial charge in [-0.25, -0.2) is 9.59 Å². The van der Waals surface area contributed by atoms with Crippen molar-refractivity contribution in [1.82, 2.24) is 10.6 Å². The molecule has 1 aromatic rings. The Balaban J connectivity index is 2.46. The molecular formula is C14H20N2O4. The quantitative estimate of drug-likeness (QED) is 0.738. The van der Waals surface area contributed by atoms with E-state index >= 15 is 0 Å². The van der Waals surface area contributed by atoms with Gasteiger partial charge in [0, 0.05) is 13.7 Å². The van der Waals surface area contributed by atoms with Gasteiger partial charge in [0.05, 0.1) is 17.7 Å². The van der Waals surface area contributed by atoms with Crippen LogP contribution in [0.3, 0.4) is 0 Å². The van der Waals surface area contributed by atoms with Gasteiger partial charge in [0.1, 0.15) is 0 Å². The largest absolute Gasteiger partial charge is 0.478 e. The van der Waals surface area contributed by atoms with E-state index in [2.05, 4.69) is 10.6 Å². The van der Waals surface area contributed by atoms with Crippen LogP contribution < -0.4 is 10.6 Å². The smallest absolute Gasteiger partial charge is 0.335 e. The average molecular weight is 280 g/mol. The van der Waals surface area contributed by atoms with Gasteiger partial charge in [0.15, 0.2) is 0 Å². The van der Waals surface area contributed by atoms with Gasteiger partial charge in [-0.1, -0.05) is 12.1 Å². The molecule has 0 aliphatic rings. The van der Waals surface area contributed by atoms with Crippen LogP contribution in [0, 0.1) is 0 Å². The molecule has 2 amide bonds. The van der Waals surface area contributed by atoms with Crippen LogP contribution in [0.2, 0.25) is 0 Å². The fourth-order valence-electron chi connectivity index (χ4n) is 1.70. The molecule has 0 aromatic heterocycles. The summed E-state index contributed by atoms with van der Waals surface area (Å²) < 4.78 is 5.01. The normalized spacial score (nSPS) is 10.9. The number of amides is 2. The molecule has 0 heterocycles. The molecule has 0 aliphatic carbocycles. The van der Waals surface area contributed by atoms with Gasteiger partial charge in [0.2, 0.25) is 0 Å². The van der Waals surface area contributed by atoms with Gasteiger partial charge < -0.3 is 20.5 Å². The number of hydrogen-bond donors (Lipinski definition) is 3. The van der Waals surface area contributed by atoms with Crippen molar-refractivity contribution in [3.8, 4) is 0 Å². The summed E-state index contributed by atoms with van der Waals surface area (Å²) in [5.41, 5.74) is 0.598. The molecule has 6 nitrogen and oxygen atoms in total. The van der Waals surface area contributed by atoms with Crippen molar-refractivity contribution in [2.75, 3.05) is 13.7 Å². The maximum absolute atomic E-state index is 11.7. The van der Waals surface area contributed by atoms with Crippen LogP contribution in [0.5, 0.6) is 0 Å². The van der Waals surface area contributed by atoms with Crippen molar-refractivity contribution in [3.05, 3.63) is 35.4 Å². The zero-order valence-electron chi connectivity index (χ0n) is 11.9. The number of carbonyl (C=O) groups is 2. The molecule has 0 saturated carbocycles. The number of rotatable bonds is 6. The fourth-order valence-corrected chi connectivity index (χ4v) is 1.70. The third-order valence-electron chi connectivity index (χ3n) is 2.61. The predicted molar refractivity (Wildman–Crippen MR) is 74.7 cm³/mol. The van der Waals surface area contributed by atoms with E-state index in [9.17, 15) is 9.59 Å². The minimum absolute atomic E-state index is 0.222. The van der Waals surface area contributed by atoms with E-state index in [0.29, 0.717) is 13.2 Å². The lowest BCUT2D eigenvalue weighted by molar-refractivity contribution is 0.0697. The standard InChI is InChI=1S/C14H20N2O4/c1-14(2,9-20-3)16-13(19)15-8-10-4-6-11(7-5-10)12(17)18/h4-7H,8-9H2,1-3H3,(H,17,18)(H2,15,16,19). The highest BCUT2D eigenvalue weighted by atomic mass is 16.5. The van der Waals surface area contributed by atoms with Crippen molar-refractivity contribution in [2.45, 2.75) is 25.9 Å². The lowest BCUT2D eigenvalue weighted by atomic mass is 10.1. The highest BCUT2D eigenvalue weighted by Crippen LogP contribution is 2.05. The maximum Gasteiger partial charge on any atom is 0.335 e. The number of benzene rings is 1. The number of urea groups is 1. The van der Waals surface area contributed by atoms with Gasteiger partial charge in [-0.2, -0.15) is 0 Å². The maximum atomic E-state index is 11.7. The Kier molecular flexibility index (Phi) is 5.52. The molecule has 20 heavy (non-hydrogen) atoms. The molecule has 110 valence electrons. The number of carbonyl (C=O) groups excluding carboxylic acids is 1. The lowest BCUT2D eigenvalue weighted by Gasteiger charge is -2.25. The summed E-state index contributed by atoms with van der Waals surface area (Å²) in [4.78, 5) is 22.4. The second-order valence-corrected chi connectivity index (χ2v) is 5.13. The SMILES string of the molecule is COCC(C)(C)NC(=O)NCc1ccc(C(=O)O)cc1. The van der Waals surface area contributed by atoms with Crippen LogP contribution in [-0.4, -0.2) is 36.4 Å². The molecular weight excluding hydrogens is 260 g/mol. The Morgan fingerprint density at radius 1 is 1.25 bits per heavy atom. The number of aromatic carboxylic acids is 1. The van der Waals surface area contributed by atoms with Crippen LogP contribution in [0.15, 0.2) is 24.3 Å². The fraction of sp³-hybridized carbons (Fsp3) is 0.429. The van der Waals surface area contributed by atoms with E-state index < -0.39 is 11.5 Å². The Morgan fingerprint density at radius 2 is 1.85 bits per heavy atom. The van der Waals surface area contributed by atoms with Crippen molar-refractivity contribution in [1.29, 1.82) is 0 Å². The number of nitrogens with one attached hydrogen (secondary N) is 2. The first kappa shape index (κ1) is 16.0. The second kappa shape index (κ2) is 6.91. The van der Waals surface area contributed by atoms with Crippen LogP contribution >= 0.6 is 0 Å². The molecule has 0 spiro atoms. The van der Waals surface area contributed by atoms with Gasteiger partial charge >= 0.3 is 12.0 Å². The van der Waals surface area contributed by atoms with Crippen molar-refractivity contribution in [2.24, 2.45) is 0 Å². The summed E-state index contributed by atoms with van der Waals surface area (Å²) in [6, 6.07) is 6.06. The van der Waals surface area contributed by atoms with Crippen LogP contribution in [0.25, 0.3) is 0 Å². The third-order valence-corrected chi connectivity index (χ3v) is 2.61. The van der Waals surface area contributed by atoms with Crippen LogP contribution in [-0.2, 0) is 11.3 Å². The summed E-state index contributed by atoms with van der Waals surface area (Å²) in [6.45, 7) is 4.46. The first-order valence-corrected chi connectivity index (χ1v) is 6.21. The van der Waals surface area contributed by atoms with Crippen LogP contribution in [0.1, 0.15) is 29.8 Å². The van der Waals surface area contributed by atoms with Gasteiger partial charge in [0.25, 0.3) is 0 Å². The van der Waals surface area contributed by atoms with Crippen molar-refractivity contribution < 1.29 is 19.4 Å². The van der Waals surface area contributed by atoms with Gasteiger partial charge in [-0.3, -0.25) is 0 Å². The first-order valence-electron chi connectivity index (χ1n) is 6.21. The predicted octanol–water partition coefficient (Wildman–Crippen LogP) is 1.61. The van der Waals surface area contributed by atoms with Crippen LogP contribution in [0.4, 0.5) is 4.79 Å². The molecule has 0 atom stereocenters. The Labute approximate surface area is 118 Å². The summed E-state index contributed by atoms with van der Waals surface area (Å²) in [7, 11) is 1.57. The molecule has 0 bridgehead atoms. The number of hydrogen-bond acceptors (Lipinski definition) is 3. The van der Waals surface area contributed by atoms with E-state index in [1.165, 1.54) is 12.1 Å². The summed E-state index contributed by atoms with van der Waals surface area (Å²) in [6.07, 6.45) is 0. The number of carboxylic acid groups (broad SMARTS) is 1. The number of ether oxygens (including phenoxy) is 1. The summed E-state index contributed by atoms with van der Waals surface area (Å²) in [5, 5.41) is 14.3. The van der Waals surface area contributed by atoms with E-state index in [4.69, 9.17) is 9.84 Å². The van der Waals surface area contributed by atoms with Crippen molar-refractivity contribution in [3.63, 3.8) is 0 Å². The topological polar surface area (TPSA) is 87.7 Å². The number of methoxy groups -OCH3 is 1. The minimum Gasteiger partial charge on any atom is -0.478 e. The molecule has 0 unspecified atom stereocenters. The summed E-state index contributed by atoms with van der Waals surface area (Å²) in [5.74, 6) is -0.969. The van der Waals surface area contributed by atoms with Gasteiger partial charge in [-0.05, 0) is 31.5 Å². The molecule has 0 fully saturated rings. The molecule has 0 aliphatic heterocycles. The Morgan fingerprint density at radius 3 is 2.35 bits per heavy atom. The lowest BCUT2D eigenvalue weighted by Crippen LogP contribution is -2.50. The van der Waals surface area contributed by atoms with Gasteiger partial charge in [-0.15, -0.1) is 0 Å². The molecule has 1 aromatic carbocycles.